The van der Waals surface area contributed by atoms with E-state index < -0.39 is 10.0 Å². The van der Waals surface area contributed by atoms with Crippen molar-refractivity contribution in [3.05, 3.63) is 53.2 Å². The van der Waals surface area contributed by atoms with Crippen molar-refractivity contribution >= 4 is 27.4 Å². The number of benzene rings is 1. The van der Waals surface area contributed by atoms with Crippen LogP contribution >= 0.6 is 11.6 Å². The molecule has 2 aromatic rings. The lowest BCUT2D eigenvalue weighted by Crippen LogP contribution is -2.47. The van der Waals surface area contributed by atoms with Crippen molar-refractivity contribution in [1.29, 1.82) is 0 Å². The first-order valence-electron chi connectivity index (χ1n) is 8.53. The summed E-state index contributed by atoms with van der Waals surface area (Å²) in [7, 11) is -1.50. The lowest BCUT2D eigenvalue weighted by molar-refractivity contribution is 0.222. The Kier molecular flexibility index (Phi) is 5.82. The number of rotatable bonds is 5. The summed E-state index contributed by atoms with van der Waals surface area (Å²) in [6.07, 6.45) is 1.41. The molecule has 1 unspecified atom stereocenters. The number of likely N-dealkylation sites (N-methyl/N-ethyl adjacent to an activating group) is 1. The van der Waals surface area contributed by atoms with Gasteiger partial charge in [0.1, 0.15) is 10.7 Å². The summed E-state index contributed by atoms with van der Waals surface area (Å²) in [5.74, 6) is 0.606. The lowest BCUT2D eigenvalue weighted by atomic mass is 10.1. The molecule has 1 saturated heterocycles. The molecule has 8 heteroatoms. The van der Waals surface area contributed by atoms with Crippen LogP contribution in [0.15, 0.2) is 47.5 Å². The summed E-state index contributed by atoms with van der Waals surface area (Å²) in [6.45, 7) is 4.46. The number of sulfonamides is 1. The standard InChI is InChI=1S/C18H23ClN4O2S/c1-14(16-5-3-4-6-17(16)19)21-18-8-7-15(13-20-18)26(24,25)23-11-9-22(2)10-12-23/h3-8,13-14H,9-12H2,1-2H3,(H,20,21). The highest BCUT2D eigenvalue weighted by molar-refractivity contribution is 7.89. The molecule has 140 valence electrons. The normalized spacial score (nSPS) is 17.8. The van der Waals surface area contributed by atoms with Gasteiger partial charge in [0.25, 0.3) is 0 Å². The molecule has 3 rings (SSSR count). The SMILES string of the molecule is CC(Nc1ccc(S(=O)(=O)N2CCN(C)CC2)cn1)c1ccccc1Cl. The number of aromatic nitrogens is 1. The minimum absolute atomic E-state index is 0.0451. The molecular weight excluding hydrogens is 372 g/mol. The Hall–Kier alpha value is -1.67. The first-order chi connectivity index (χ1) is 12.4. The van der Waals surface area contributed by atoms with E-state index in [4.69, 9.17) is 11.6 Å². The second-order valence-electron chi connectivity index (χ2n) is 6.47. The minimum atomic E-state index is -3.49. The molecule has 6 nitrogen and oxygen atoms in total. The summed E-state index contributed by atoms with van der Waals surface area (Å²) in [4.78, 5) is 6.62. The largest absolute Gasteiger partial charge is 0.363 e. The third kappa shape index (κ3) is 4.17. The van der Waals surface area contributed by atoms with Crippen LogP contribution in [-0.4, -0.2) is 55.8 Å². The van der Waals surface area contributed by atoms with E-state index >= 15 is 0 Å². The second-order valence-corrected chi connectivity index (χ2v) is 8.82. The highest BCUT2D eigenvalue weighted by Gasteiger charge is 2.27. The van der Waals surface area contributed by atoms with Gasteiger partial charge in [-0.2, -0.15) is 4.31 Å². The van der Waals surface area contributed by atoms with Crippen LogP contribution < -0.4 is 5.32 Å². The molecular formula is C18H23ClN4O2S. The van der Waals surface area contributed by atoms with Crippen LogP contribution in [-0.2, 0) is 10.0 Å². The Morgan fingerprint density at radius 2 is 1.81 bits per heavy atom. The highest BCUT2D eigenvalue weighted by Crippen LogP contribution is 2.25. The van der Waals surface area contributed by atoms with Crippen molar-refractivity contribution in [3.63, 3.8) is 0 Å². The quantitative estimate of drug-likeness (QED) is 0.844. The van der Waals surface area contributed by atoms with Crippen LogP contribution in [0.2, 0.25) is 5.02 Å². The van der Waals surface area contributed by atoms with Gasteiger partial charge in [0, 0.05) is 37.4 Å². The van der Waals surface area contributed by atoms with Gasteiger partial charge in [-0.1, -0.05) is 29.8 Å². The van der Waals surface area contributed by atoms with Crippen LogP contribution in [0.5, 0.6) is 0 Å². The average Bonchev–Trinajstić information content (AvgIpc) is 2.63. The molecule has 1 fully saturated rings. The van der Waals surface area contributed by atoms with Crippen LogP contribution in [0.3, 0.4) is 0 Å². The highest BCUT2D eigenvalue weighted by atomic mass is 35.5. The predicted octanol–water partition coefficient (Wildman–Crippen LogP) is 2.84. The van der Waals surface area contributed by atoms with E-state index in [2.05, 4.69) is 15.2 Å². The molecule has 0 radical (unpaired) electrons. The van der Waals surface area contributed by atoms with Crippen molar-refractivity contribution in [2.45, 2.75) is 17.9 Å². The van der Waals surface area contributed by atoms with Crippen molar-refractivity contribution < 1.29 is 8.42 Å². The Labute approximate surface area is 159 Å². The number of piperazine rings is 1. The summed E-state index contributed by atoms with van der Waals surface area (Å²) in [5, 5.41) is 3.93. The van der Waals surface area contributed by atoms with Gasteiger partial charge in [0.15, 0.2) is 0 Å². The second kappa shape index (κ2) is 7.92. The van der Waals surface area contributed by atoms with E-state index in [1.165, 1.54) is 10.5 Å². The zero-order valence-corrected chi connectivity index (χ0v) is 16.5. The summed E-state index contributed by atoms with van der Waals surface area (Å²) in [6, 6.07) is 10.9. The van der Waals surface area contributed by atoms with Gasteiger partial charge in [-0.25, -0.2) is 13.4 Å². The van der Waals surface area contributed by atoms with Gasteiger partial charge < -0.3 is 10.2 Å². The summed E-state index contributed by atoms with van der Waals surface area (Å²) in [5.41, 5.74) is 0.963. The fraction of sp³-hybridized carbons (Fsp3) is 0.389. The average molecular weight is 395 g/mol. The minimum Gasteiger partial charge on any atom is -0.363 e. The van der Waals surface area contributed by atoms with Crippen LogP contribution in [0.1, 0.15) is 18.5 Å². The number of anilines is 1. The van der Waals surface area contributed by atoms with Gasteiger partial charge in [-0.05, 0) is 37.7 Å². The number of nitrogens with zero attached hydrogens (tertiary/aromatic N) is 3. The Balaban J connectivity index is 1.71. The molecule has 2 heterocycles. The van der Waals surface area contributed by atoms with Crippen molar-refractivity contribution in [3.8, 4) is 0 Å². The molecule has 1 aliphatic heterocycles. The van der Waals surface area contributed by atoms with Gasteiger partial charge in [-0.15, -0.1) is 0 Å². The maximum atomic E-state index is 12.7. The molecule has 0 spiro atoms. The van der Waals surface area contributed by atoms with E-state index in [-0.39, 0.29) is 10.9 Å². The van der Waals surface area contributed by atoms with Crippen molar-refractivity contribution in [2.24, 2.45) is 0 Å². The maximum Gasteiger partial charge on any atom is 0.244 e. The van der Waals surface area contributed by atoms with Crippen LogP contribution in [0, 0.1) is 0 Å². The zero-order chi connectivity index (χ0) is 18.7. The Bertz CT molecular complexity index is 850. The van der Waals surface area contributed by atoms with Crippen LogP contribution in [0.25, 0.3) is 0 Å². The molecule has 1 N–H and O–H groups in total. The number of nitrogens with one attached hydrogen (secondary N) is 1. The molecule has 0 amide bonds. The maximum absolute atomic E-state index is 12.7. The molecule has 1 atom stereocenters. The number of hydrogen-bond acceptors (Lipinski definition) is 5. The topological polar surface area (TPSA) is 65.5 Å². The van der Waals surface area contributed by atoms with Gasteiger partial charge in [0.2, 0.25) is 10.0 Å². The third-order valence-electron chi connectivity index (χ3n) is 4.57. The van der Waals surface area contributed by atoms with E-state index in [0.29, 0.717) is 23.9 Å². The number of halogens is 1. The number of hydrogen-bond donors (Lipinski definition) is 1. The van der Waals surface area contributed by atoms with Crippen molar-refractivity contribution in [1.82, 2.24) is 14.2 Å². The van der Waals surface area contributed by atoms with Gasteiger partial charge in [0.05, 0.1) is 6.04 Å². The monoisotopic (exact) mass is 394 g/mol. The van der Waals surface area contributed by atoms with E-state index in [1.807, 2.05) is 38.2 Å². The molecule has 1 aromatic carbocycles. The fourth-order valence-electron chi connectivity index (χ4n) is 2.92. The molecule has 0 saturated carbocycles. The molecule has 0 aliphatic carbocycles. The van der Waals surface area contributed by atoms with Gasteiger partial charge in [-0.3, -0.25) is 0 Å². The lowest BCUT2D eigenvalue weighted by Gasteiger charge is -2.31. The first-order valence-corrected chi connectivity index (χ1v) is 10.4. The third-order valence-corrected chi connectivity index (χ3v) is 6.80. The molecule has 0 bridgehead atoms. The first kappa shape index (κ1) is 19.1. The molecule has 1 aromatic heterocycles. The van der Waals surface area contributed by atoms with E-state index in [9.17, 15) is 8.42 Å². The number of pyridine rings is 1. The molecule has 1 aliphatic rings. The fourth-order valence-corrected chi connectivity index (χ4v) is 4.59. The summed E-state index contributed by atoms with van der Waals surface area (Å²) >= 11 is 6.22. The predicted molar refractivity (Wildman–Crippen MR) is 104 cm³/mol. The van der Waals surface area contributed by atoms with E-state index in [0.717, 1.165) is 18.7 Å². The van der Waals surface area contributed by atoms with Crippen LogP contribution in [0.4, 0.5) is 5.82 Å². The Morgan fingerprint density at radius 3 is 2.42 bits per heavy atom. The van der Waals surface area contributed by atoms with Gasteiger partial charge >= 0.3 is 0 Å². The zero-order valence-electron chi connectivity index (χ0n) is 14.9. The smallest absolute Gasteiger partial charge is 0.244 e. The van der Waals surface area contributed by atoms with Crippen molar-refractivity contribution in [2.75, 3.05) is 38.5 Å². The Morgan fingerprint density at radius 1 is 1.12 bits per heavy atom. The molecule has 26 heavy (non-hydrogen) atoms. The summed E-state index contributed by atoms with van der Waals surface area (Å²) < 4.78 is 27.0. The van der Waals surface area contributed by atoms with E-state index in [1.54, 1.807) is 12.1 Å².